The van der Waals surface area contributed by atoms with Gasteiger partial charge in [-0.1, -0.05) is 0 Å². The smallest absolute Gasteiger partial charge is 0.226 e. The van der Waals surface area contributed by atoms with Gasteiger partial charge in [-0.05, 0) is 40.8 Å². The van der Waals surface area contributed by atoms with Gasteiger partial charge in [0.15, 0.2) is 29.9 Å². The van der Waals surface area contributed by atoms with Crippen molar-refractivity contribution in [1.29, 1.82) is 0 Å². The molecule has 0 amide bonds. The van der Waals surface area contributed by atoms with E-state index in [1.165, 1.54) is 7.11 Å². The molecule has 4 bridgehead atoms. The summed E-state index contributed by atoms with van der Waals surface area (Å²) in [6, 6.07) is -2.35. The van der Waals surface area contributed by atoms with Crippen LogP contribution >= 0.6 is 0 Å². The van der Waals surface area contributed by atoms with E-state index in [1.807, 2.05) is 30.8 Å². The van der Waals surface area contributed by atoms with Crippen LogP contribution in [0, 0.1) is 5.92 Å². The molecule has 4 unspecified atom stereocenters. The van der Waals surface area contributed by atoms with E-state index >= 15 is 0 Å². The van der Waals surface area contributed by atoms with Gasteiger partial charge in [0.1, 0.15) is 6.23 Å². The highest BCUT2D eigenvalue weighted by Gasteiger charge is 2.62. The highest BCUT2D eigenvalue weighted by molar-refractivity contribution is 6.25. The van der Waals surface area contributed by atoms with Crippen molar-refractivity contribution in [2.75, 3.05) is 27.8 Å². The van der Waals surface area contributed by atoms with Gasteiger partial charge in [0, 0.05) is 40.8 Å². The first-order valence-corrected chi connectivity index (χ1v) is 13.3. The van der Waals surface area contributed by atoms with E-state index < -0.39 is 54.7 Å². The van der Waals surface area contributed by atoms with Gasteiger partial charge in [-0.2, -0.15) is 0 Å². The minimum Gasteiger partial charge on any atom is -0.492 e. The first-order valence-electron chi connectivity index (χ1n) is 13.3. The summed E-state index contributed by atoms with van der Waals surface area (Å²) in [5, 5.41) is 36.1. The molecule has 1 aliphatic carbocycles. The second kappa shape index (κ2) is 9.15. The largest absolute Gasteiger partial charge is 0.492 e. The van der Waals surface area contributed by atoms with Crippen LogP contribution in [-0.4, -0.2) is 125 Å². The molecule has 5 aliphatic heterocycles. The van der Waals surface area contributed by atoms with Crippen LogP contribution in [0.3, 0.4) is 0 Å². The Morgan fingerprint density at radius 2 is 1.97 bits per heavy atom. The van der Waals surface area contributed by atoms with Crippen LogP contribution in [0.15, 0.2) is 22.5 Å². The molecule has 6 rings (SSSR count). The molecule has 4 N–H and O–H groups in total. The highest BCUT2D eigenvalue weighted by Crippen LogP contribution is 2.48. The summed E-state index contributed by atoms with van der Waals surface area (Å²) in [6.45, 7) is 3.46. The molecule has 0 spiro atoms. The van der Waals surface area contributed by atoms with Crippen molar-refractivity contribution in [2.45, 2.75) is 94.0 Å². The van der Waals surface area contributed by atoms with Gasteiger partial charge >= 0.3 is 0 Å². The number of ketones is 2. The van der Waals surface area contributed by atoms with Gasteiger partial charge in [-0.15, -0.1) is 0 Å². The van der Waals surface area contributed by atoms with Gasteiger partial charge in [-0.3, -0.25) is 19.4 Å². The fraction of sp³-hybridized carbons (Fsp3) is 0.769. The summed E-state index contributed by atoms with van der Waals surface area (Å²) in [5.74, 6) is -2.79. The van der Waals surface area contributed by atoms with Gasteiger partial charge in [0.25, 0.3) is 0 Å². The summed E-state index contributed by atoms with van der Waals surface area (Å²) >= 11 is 0. The minimum absolute atomic E-state index is 0.0150. The summed E-state index contributed by atoms with van der Waals surface area (Å²) < 4.78 is 24.4. The molecule has 5 heterocycles. The lowest BCUT2D eigenvalue weighted by atomic mass is 9.75. The number of carbonyl (C=O) groups excluding carboxylic acids is 2. The quantitative estimate of drug-likeness (QED) is 0.249. The Morgan fingerprint density at radius 1 is 1.24 bits per heavy atom. The fourth-order valence-electron chi connectivity index (χ4n) is 7.89. The third kappa shape index (κ3) is 3.70. The van der Waals surface area contributed by atoms with Crippen molar-refractivity contribution >= 4 is 11.6 Å². The zero-order valence-corrected chi connectivity index (χ0v) is 22.3. The molecular weight excluding hydrogens is 498 g/mol. The van der Waals surface area contributed by atoms with E-state index in [2.05, 4.69) is 5.32 Å². The normalized spacial score (nSPS) is 45.2. The van der Waals surface area contributed by atoms with E-state index in [-0.39, 0.29) is 54.4 Å². The summed E-state index contributed by atoms with van der Waals surface area (Å²) in [7, 11) is 5.07. The number of nitrogens with one attached hydrogen (secondary N) is 1. The Balaban J connectivity index is 1.50. The predicted octanol–water partition coefficient (Wildman–Crippen LogP) is -1.40. The van der Waals surface area contributed by atoms with E-state index in [0.717, 1.165) is 0 Å². The molecular formula is C26H37N3O9. The molecule has 4 saturated heterocycles. The Bertz CT molecular complexity index is 1110. The topological polar surface area (TPSA) is 150 Å². The highest BCUT2D eigenvalue weighted by atomic mass is 16.7. The monoisotopic (exact) mass is 535 g/mol. The first-order chi connectivity index (χ1) is 18.0. The number of nitrogens with zero attached hydrogens (tertiary/aromatic N) is 2. The van der Waals surface area contributed by atoms with Crippen molar-refractivity contribution in [3.8, 4) is 0 Å². The molecule has 38 heavy (non-hydrogen) atoms. The predicted molar refractivity (Wildman–Crippen MR) is 130 cm³/mol. The second-order valence-corrected chi connectivity index (χ2v) is 11.6. The minimum atomic E-state index is -1.66. The summed E-state index contributed by atoms with van der Waals surface area (Å²) in [5.41, 5.74) is 0.955. The number of allylic oxidation sites excluding steroid dienone is 2. The van der Waals surface area contributed by atoms with Crippen molar-refractivity contribution < 1.29 is 43.9 Å². The van der Waals surface area contributed by atoms with Crippen molar-refractivity contribution in [3.63, 3.8) is 0 Å². The van der Waals surface area contributed by atoms with Crippen molar-refractivity contribution in [1.82, 2.24) is 15.1 Å². The number of aliphatic hydroxyl groups is 3. The van der Waals surface area contributed by atoms with Crippen LogP contribution in [0.4, 0.5) is 0 Å². The van der Waals surface area contributed by atoms with Gasteiger partial charge < -0.3 is 39.6 Å². The Hall–Kier alpha value is -1.74. The number of ether oxygens (including phenoxy) is 4. The molecule has 6 aliphatic rings. The Kier molecular flexibility index (Phi) is 6.38. The number of hydrogen-bond donors (Lipinski definition) is 4. The zero-order valence-electron chi connectivity index (χ0n) is 22.3. The number of likely N-dealkylation sites (N-methyl/N-ethyl adjacent to an activating group) is 1. The SMILES string of the molecule is COC1=C(C)C(=O)C2=C(C1=O)[C@@H]1COC3CC(O)(O[C@H]4[C@@H]5C[C@@H](C(O)O)[C@@H](N5)[C@H](C2)N14)C(N(C)C)C(C)O3. The lowest BCUT2D eigenvalue weighted by molar-refractivity contribution is -0.355. The van der Waals surface area contributed by atoms with Gasteiger partial charge in [0.05, 0.1) is 38.3 Å². The zero-order chi connectivity index (χ0) is 27.3. The number of hydrogen-bond acceptors (Lipinski definition) is 12. The lowest BCUT2D eigenvalue weighted by Crippen LogP contribution is -2.72. The number of piperazine rings is 1. The average Bonchev–Trinajstić information content (AvgIpc) is 3.25. The van der Waals surface area contributed by atoms with E-state index in [0.29, 0.717) is 17.6 Å². The van der Waals surface area contributed by atoms with E-state index in [1.54, 1.807) is 6.92 Å². The van der Waals surface area contributed by atoms with Crippen LogP contribution in [0.1, 0.15) is 33.1 Å². The van der Waals surface area contributed by atoms with Gasteiger partial charge in [-0.25, -0.2) is 0 Å². The standard InChI is InChI=1S/C26H37N3O9/c1-10-20(30)12-7-15-19-13(25(32)33)6-14(27-19)24-29(15)16(18(12)21(31)22(10)35-5)9-36-17-8-26(34,38-24)23(28(3)4)11(2)37-17/h11,13-17,19,23-25,27,32-34H,6-9H2,1-5H3/t11?,13-,14+,15+,16+,17?,19-,23?,24+,26?/m1/s1. The Morgan fingerprint density at radius 3 is 2.63 bits per heavy atom. The molecule has 10 atom stereocenters. The number of rotatable bonds is 3. The van der Waals surface area contributed by atoms with Gasteiger partial charge in [0.2, 0.25) is 5.78 Å². The lowest BCUT2D eigenvalue weighted by Gasteiger charge is -2.55. The number of fused-ring (bicyclic) bond motifs is 7. The molecule has 12 heteroatoms. The number of aliphatic hydroxyl groups excluding tert-OH is 1. The fourth-order valence-corrected chi connectivity index (χ4v) is 7.89. The molecule has 0 radical (unpaired) electrons. The molecule has 0 aromatic rings. The number of Topliss-reactive ketones (excluding diaryl/α,β-unsaturated/α-hetero) is 2. The Labute approximate surface area is 221 Å². The van der Waals surface area contributed by atoms with Crippen LogP contribution < -0.4 is 5.32 Å². The van der Waals surface area contributed by atoms with Crippen LogP contribution in [-0.2, 0) is 28.5 Å². The molecule has 0 aromatic heterocycles. The molecule has 210 valence electrons. The first kappa shape index (κ1) is 26.5. The van der Waals surface area contributed by atoms with E-state index in [4.69, 9.17) is 18.9 Å². The molecule has 0 aromatic carbocycles. The summed E-state index contributed by atoms with van der Waals surface area (Å²) in [6.07, 6.45) is -2.89. The maximum Gasteiger partial charge on any atom is 0.226 e. The van der Waals surface area contributed by atoms with Crippen molar-refractivity contribution in [3.05, 3.63) is 22.5 Å². The van der Waals surface area contributed by atoms with Crippen LogP contribution in [0.5, 0.6) is 0 Å². The third-order valence-electron chi connectivity index (χ3n) is 9.31. The van der Waals surface area contributed by atoms with Crippen LogP contribution in [0.2, 0.25) is 0 Å². The van der Waals surface area contributed by atoms with Crippen molar-refractivity contribution in [2.24, 2.45) is 5.92 Å². The summed E-state index contributed by atoms with van der Waals surface area (Å²) in [4.78, 5) is 31.1. The van der Waals surface area contributed by atoms with Crippen LogP contribution in [0.25, 0.3) is 0 Å². The average molecular weight is 536 g/mol. The maximum absolute atomic E-state index is 13.7. The molecule has 0 saturated carbocycles. The molecule has 4 fully saturated rings. The molecule has 12 nitrogen and oxygen atoms in total. The third-order valence-corrected chi connectivity index (χ3v) is 9.31. The number of carbonyl (C=O) groups is 2. The van der Waals surface area contributed by atoms with E-state index in [9.17, 15) is 24.9 Å². The maximum atomic E-state index is 13.7. The second-order valence-electron chi connectivity index (χ2n) is 11.6. The number of methoxy groups -OCH3 is 1.